The second-order valence-corrected chi connectivity index (χ2v) is 3.49. The van der Waals surface area contributed by atoms with Gasteiger partial charge in [0, 0.05) is 11.6 Å². The average Bonchev–Trinajstić information content (AvgIpc) is 2.05. The zero-order valence-corrected chi connectivity index (χ0v) is 8.13. The van der Waals surface area contributed by atoms with E-state index >= 15 is 0 Å². The molecule has 1 aromatic carbocycles. The van der Waals surface area contributed by atoms with Crippen LogP contribution in [0.3, 0.4) is 0 Å². The molecule has 2 heteroatoms. The molecule has 0 unspecified atom stereocenters. The molecule has 2 nitrogen and oxygen atoms in total. The van der Waals surface area contributed by atoms with Crippen molar-refractivity contribution in [3.63, 3.8) is 0 Å². The van der Waals surface area contributed by atoms with Crippen LogP contribution in [0.4, 0.5) is 0 Å². The number of hydrogen-bond donors (Lipinski definition) is 1. The van der Waals surface area contributed by atoms with E-state index in [0.717, 1.165) is 12.3 Å². The highest BCUT2D eigenvalue weighted by Crippen LogP contribution is 2.33. The van der Waals surface area contributed by atoms with Crippen molar-refractivity contribution in [1.82, 2.24) is 5.32 Å². The smallest absolute Gasteiger partial charge is 0.123 e. The van der Waals surface area contributed by atoms with Crippen LogP contribution in [-0.2, 0) is 0 Å². The van der Waals surface area contributed by atoms with Gasteiger partial charge in [0.15, 0.2) is 0 Å². The van der Waals surface area contributed by atoms with E-state index in [-0.39, 0.29) is 0 Å². The van der Waals surface area contributed by atoms with E-state index in [1.165, 1.54) is 17.5 Å². The summed E-state index contributed by atoms with van der Waals surface area (Å²) in [6.45, 7) is 3.26. The molecular formula is C11H15NO. The lowest BCUT2D eigenvalue weighted by Gasteiger charge is -2.30. The molecular weight excluding hydrogens is 162 g/mol. The molecule has 2 rings (SSSR count). The summed E-state index contributed by atoms with van der Waals surface area (Å²) in [5.74, 6) is 1.01. The molecule has 1 saturated heterocycles. The third-order valence-corrected chi connectivity index (χ3v) is 2.68. The SMILES string of the molecule is COc1cccc(C)c1[C@@H]1CCN1. The average molecular weight is 177 g/mol. The Bertz CT molecular complexity index is 305. The molecule has 0 aromatic heterocycles. The molecule has 0 bridgehead atoms. The van der Waals surface area contributed by atoms with Crippen LogP contribution < -0.4 is 10.1 Å². The predicted molar refractivity (Wildman–Crippen MR) is 53.1 cm³/mol. The first-order chi connectivity index (χ1) is 6.33. The van der Waals surface area contributed by atoms with Gasteiger partial charge in [0.2, 0.25) is 0 Å². The summed E-state index contributed by atoms with van der Waals surface area (Å²) in [4.78, 5) is 0. The summed E-state index contributed by atoms with van der Waals surface area (Å²) in [6, 6.07) is 6.72. The molecule has 1 N–H and O–H groups in total. The molecule has 1 aromatic rings. The number of rotatable bonds is 2. The Kier molecular flexibility index (Phi) is 2.23. The quantitative estimate of drug-likeness (QED) is 0.746. The maximum absolute atomic E-state index is 5.34. The van der Waals surface area contributed by atoms with Crippen LogP contribution in [0.2, 0.25) is 0 Å². The summed E-state index contributed by atoms with van der Waals surface area (Å²) >= 11 is 0. The maximum Gasteiger partial charge on any atom is 0.123 e. The molecule has 0 radical (unpaired) electrons. The minimum absolute atomic E-state index is 0.510. The minimum atomic E-state index is 0.510. The van der Waals surface area contributed by atoms with E-state index in [4.69, 9.17) is 4.74 Å². The van der Waals surface area contributed by atoms with E-state index in [1.54, 1.807) is 7.11 Å². The van der Waals surface area contributed by atoms with E-state index in [2.05, 4.69) is 18.3 Å². The Morgan fingerprint density at radius 1 is 1.46 bits per heavy atom. The number of hydrogen-bond acceptors (Lipinski definition) is 2. The number of nitrogens with one attached hydrogen (secondary N) is 1. The van der Waals surface area contributed by atoms with Crippen LogP contribution >= 0.6 is 0 Å². The van der Waals surface area contributed by atoms with Crippen LogP contribution in [0.1, 0.15) is 23.6 Å². The highest BCUT2D eigenvalue weighted by atomic mass is 16.5. The van der Waals surface area contributed by atoms with Crippen LogP contribution in [-0.4, -0.2) is 13.7 Å². The van der Waals surface area contributed by atoms with E-state index in [9.17, 15) is 0 Å². The highest BCUT2D eigenvalue weighted by Gasteiger charge is 2.23. The van der Waals surface area contributed by atoms with Crippen molar-refractivity contribution in [2.24, 2.45) is 0 Å². The van der Waals surface area contributed by atoms with Crippen molar-refractivity contribution < 1.29 is 4.74 Å². The van der Waals surface area contributed by atoms with Crippen molar-refractivity contribution in [3.8, 4) is 5.75 Å². The fraction of sp³-hybridized carbons (Fsp3) is 0.455. The van der Waals surface area contributed by atoms with Gasteiger partial charge in [0.25, 0.3) is 0 Å². The van der Waals surface area contributed by atoms with Crippen LogP contribution in [0.15, 0.2) is 18.2 Å². The molecule has 1 atom stereocenters. The molecule has 1 aliphatic heterocycles. The molecule has 70 valence electrons. The molecule has 1 aliphatic rings. The van der Waals surface area contributed by atoms with E-state index < -0.39 is 0 Å². The fourth-order valence-electron chi connectivity index (χ4n) is 1.81. The first-order valence-corrected chi connectivity index (χ1v) is 4.70. The number of methoxy groups -OCH3 is 1. The molecule has 0 amide bonds. The Labute approximate surface area is 78.9 Å². The topological polar surface area (TPSA) is 21.3 Å². The number of ether oxygens (including phenoxy) is 1. The van der Waals surface area contributed by atoms with Gasteiger partial charge in [0.05, 0.1) is 7.11 Å². The monoisotopic (exact) mass is 177 g/mol. The van der Waals surface area contributed by atoms with Crippen LogP contribution in [0.25, 0.3) is 0 Å². The second-order valence-electron chi connectivity index (χ2n) is 3.49. The van der Waals surface area contributed by atoms with Crippen molar-refractivity contribution in [2.75, 3.05) is 13.7 Å². The van der Waals surface area contributed by atoms with Crippen molar-refractivity contribution in [1.29, 1.82) is 0 Å². The lowest BCUT2D eigenvalue weighted by Crippen LogP contribution is -2.35. The van der Waals surface area contributed by atoms with Crippen LogP contribution in [0.5, 0.6) is 5.75 Å². The molecule has 1 fully saturated rings. The first kappa shape index (κ1) is 8.57. The van der Waals surface area contributed by atoms with Crippen molar-refractivity contribution in [3.05, 3.63) is 29.3 Å². The number of aryl methyl sites for hydroxylation is 1. The molecule has 1 heterocycles. The largest absolute Gasteiger partial charge is 0.496 e. The van der Waals surface area contributed by atoms with E-state index in [1.807, 2.05) is 12.1 Å². The zero-order chi connectivity index (χ0) is 9.26. The second kappa shape index (κ2) is 3.38. The maximum atomic E-state index is 5.34. The number of benzene rings is 1. The van der Waals surface area contributed by atoms with Gasteiger partial charge in [-0.1, -0.05) is 12.1 Å². The van der Waals surface area contributed by atoms with Gasteiger partial charge in [-0.05, 0) is 31.5 Å². The van der Waals surface area contributed by atoms with Gasteiger partial charge in [-0.15, -0.1) is 0 Å². The standard InChI is InChI=1S/C11H15NO/c1-8-4-3-5-10(13-2)11(8)9-6-7-12-9/h3-5,9,12H,6-7H2,1-2H3/t9-/m0/s1. The molecule has 0 aliphatic carbocycles. The summed E-state index contributed by atoms with van der Waals surface area (Å²) in [6.07, 6.45) is 1.22. The van der Waals surface area contributed by atoms with Gasteiger partial charge >= 0.3 is 0 Å². The van der Waals surface area contributed by atoms with Gasteiger partial charge < -0.3 is 10.1 Å². The van der Waals surface area contributed by atoms with Gasteiger partial charge in [-0.25, -0.2) is 0 Å². The van der Waals surface area contributed by atoms with Gasteiger partial charge in [0.1, 0.15) is 5.75 Å². The Balaban J connectivity index is 2.39. The van der Waals surface area contributed by atoms with Gasteiger partial charge in [-0.2, -0.15) is 0 Å². The highest BCUT2D eigenvalue weighted by molar-refractivity contribution is 5.42. The molecule has 0 spiro atoms. The molecule has 13 heavy (non-hydrogen) atoms. The third kappa shape index (κ3) is 1.42. The first-order valence-electron chi connectivity index (χ1n) is 4.70. The van der Waals surface area contributed by atoms with Gasteiger partial charge in [-0.3, -0.25) is 0 Å². The summed E-state index contributed by atoms with van der Waals surface area (Å²) in [5.41, 5.74) is 2.65. The fourth-order valence-corrected chi connectivity index (χ4v) is 1.81. The zero-order valence-electron chi connectivity index (χ0n) is 8.13. The summed E-state index contributed by atoms with van der Waals surface area (Å²) in [5, 5.41) is 3.40. The lowest BCUT2D eigenvalue weighted by atomic mass is 9.93. The Morgan fingerprint density at radius 2 is 2.23 bits per heavy atom. The lowest BCUT2D eigenvalue weighted by molar-refractivity contribution is 0.352. The minimum Gasteiger partial charge on any atom is -0.496 e. The summed E-state index contributed by atoms with van der Waals surface area (Å²) in [7, 11) is 1.73. The molecule has 0 saturated carbocycles. The van der Waals surface area contributed by atoms with Crippen molar-refractivity contribution >= 4 is 0 Å². The predicted octanol–water partition coefficient (Wildman–Crippen LogP) is 2.04. The third-order valence-electron chi connectivity index (χ3n) is 2.68. The van der Waals surface area contributed by atoms with Crippen molar-refractivity contribution in [2.45, 2.75) is 19.4 Å². The normalized spacial score (nSPS) is 20.9. The Hall–Kier alpha value is -1.02. The summed E-state index contributed by atoms with van der Waals surface area (Å²) < 4.78 is 5.34. The Morgan fingerprint density at radius 3 is 2.77 bits per heavy atom. The van der Waals surface area contributed by atoms with Crippen LogP contribution in [0, 0.1) is 6.92 Å². The van der Waals surface area contributed by atoms with E-state index in [0.29, 0.717) is 6.04 Å².